The van der Waals surface area contributed by atoms with Crippen LogP contribution in [-0.2, 0) is 41.6 Å². The van der Waals surface area contributed by atoms with Crippen molar-refractivity contribution in [2.24, 2.45) is 14.1 Å². The van der Waals surface area contributed by atoms with Crippen molar-refractivity contribution in [2.45, 2.75) is 57.4 Å². The molecule has 0 fully saturated rings. The van der Waals surface area contributed by atoms with E-state index in [0.29, 0.717) is 35.1 Å². The summed E-state index contributed by atoms with van der Waals surface area (Å²) >= 11 is 0. The number of aromatic nitrogens is 4. The number of alkyl halides is 4. The molecule has 0 spiro atoms. The molecule has 0 radical (unpaired) electrons. The van der Waals surface area contributed by atoms with E-state index in [9.17, 15) is 32.3 Å². The monoisotopic (exact) mass is 860 g/mol. The number of carbonyl (C=O) groups is 2. The average molecular weight is 861 g/mol. The molecule has 8 rings (SSSR count). The lowest BCUT2D eigenvalue weighted by Gasteiger charge is -2.17. The second kappa shape index (κ2) is 18.2. The van der Waals surface area contributed by atoms with Gasteiger partial charge in [-0.15, -0.1) is 17.6 Å². The first-order valence-corrected chi connectivity index (χ1v) is 19.2. The minimum atomic E-state index is -3.66. The summed E-state index contributed by atoms with van der Waals surface area (Å²) in [6, 6.07) is 23.3. The van der Waals surface area contributed by atoms with Crippen LogP contribution in [0.1, 0.15) is 65.5 Å². The first kappa shape index (κ1) is 42.9. The molecule has 0 aliphatic carbocycles. The van der Waals surface area contributed by atoms with E-state index in [-0.39, 0.29) is 60.9 Å². The van der Waals surface area contributed by atoms with E-state index >= 15 is 0 Å². The fraction of sp³-hybridized carbons (Fsp3) is 0.273. The van der Waals surface area contributed by atoms with Crippen LogP contribution in [0.15, 0.2) is 110 Å². The van der Waals surface area contributed by atoms with Crippen LogP contribution in [0.2, 0.25) is 0 Å². The van der Waals surface area contributed by atoms with Crippen molar-refractivity contribution in [3.05, 3.63) is 144 Å². The van der Waals surface area contributed by atoms with Gasteiger partial charge in [-0.25, -0.2) is 9.97 Å². The number of fused-ring (bicyclic) bond motifs is 2. The van der Waals surface area contributed by atoms with Crippen molar-refractivity contribution >= 4 is 11.9 Å². The predicted molar refractivity (Wildman–Crippen MR) is 210 cm³/mol. The van der Waals surface area contributed by atoms with Crippen molar-refractivity contribution in [1.82, 2.24) is 19.1 Å². The standard InChI is InChI=1S/C23H22F2N2O5.C21H18F2N2O5/c1-3-29-21(28)13-18(22-26-10-11-27(22)2)16-5-7-17(8-6-16)30-14-15-4-9-19-20(12-15)32-23(24,25)31-19;1-25-9-8-24-20(25)16(11-19(26)27)14-3-5-15(6-4-14)28-12-13-2-7-17-18(10-13)30-21(22,23)29-17/h4-12,18H,3,13-14H2,1-2H3;2-10,16H,11-12H2,1H3,(H,26,27)/t18-;16-/m00/s1. The number of carboxylic acid groups (broad SMARTS) is 1. The van der Waals surface area contributed by atoms with Crippen LogP contribution in [-0.4, -0.2) is 55.3 Å². The van der Waals surface area contributed by atoms with Crippen LogP contribution >= 0.6 is 0 Å². The van der Waals surface area contributed by atoms with Crippen molar-refractivity contribution < 1.29 is 65.4 Å². The number of benzene rings is 4. The van der Waals surface area contributed by atoms with Gasteiger partial charge in [-0.05, 0) is 77.7 Å². The zero-order valence-electron chi connectivity index (χ0n) is 33.5. The normalized spacial score (nSPS) is 14.9. The van der Waals surface area contributed by atoms with E-state index in [1.54, 1.807) is 78.6 Å². The summed E-state index contributed by atoms with van der Waals surface area (Å²) in [7, 11) is 3.69. The third-order valence-corrected chi connectivity index (χ3v) is 9.70. The molecule has 0 saturated carbocycles. The minimum absolute atomic E-state index is 0.00923. The van der Waals surface area contributed by atoms with Gasteiger partial charge >= 0.3 is 24.5 Å². The Morgan fingerprint density at radius 3 is 1.45 bits per heavy atom. The van der Waals surface area contributed by atoms with E-state index in [2.05, 4.69) is 28.9 Å². The molecule has 2 atom stereocenters. The van der Waals surface area contributed by atoms with E-state index in [0.717, 1.165) is 17.0 Å². The maximum Gasteiger partial charge on any atom is 0.586 e. The van der Waals surface area contributed by atoms with Gasteiger partial charge in [-0.3, -0.25) is 9.59 Å². The number of rotatable bonds is 15. The molecule has 4 heterocycles. The van der Waals surface area contributed by atoms with E-state index in [1.807, 2.05) is 37.0 Å². The highest BCUT2D eigenvalue weighted by Crippen LogP contribution is 2.42. The molecule has 0 bridgehead atoms. The number of hydrogen-bond acceptors (Lipinski definition) is 11. The highest BCUT2D eigenvalue weighted by Gasteiger charge is 2.44. The average Bonchev–Trinajstić information content (AvgIpc) is 4.01. The van der Waals surface area contributed by atoms with Gasteiger partial charge < -0.3 is 47.4 Å². The summed E-state index contributed by atoms with van der Waals surface area (Å²) in [6.07, 6.45) is -0.319. The summed E-state index contributed by atoms with van der Waals surface area (Å²) in [5.41, 5.74) is 2.98. The zero-order valence-corrected chi connectivity index (χ0v) is 33.5. The molecule has 62 heavy (non-hydrogen) atoms. The van der Waals surface area contributed by atoms with Crippen LogP contribution in [0.4, 0.5) is 17.6 Å². The smallest absolute Gasteiger partial charge is 0.489 e. The highest BCUT2D eigenvalue weighted by molar-refractivity contribution is 5.71. The summed E-state index contributed by atoms with van der Waals surface area (Å²) in [5, 5.41) is 9.27. The Morgan fingerprint density at radius 2 is 1.06 bits per heavy atom. The fourth-order valence-corrected chi connectivity index (χ4v) is 6.80. The molecule has 2 aliphatic rings. The number of aryl methyl sites for hydroxylation is 2. The Morgan fingerprint density at radius 1 is 0.645 bits per heavy atom. The molecule has 2 aliphatic heterocycles. The quantitative estimate of drug-likeness (QED) is 0.0780. The second-order valence-corrected chi connectivity index (χ2v) is 14.1. The lowest BCUT2D eigenvalue weighted by Crippen LogP contribution is -2.25. The molecule has 0 unspecified atom stereocenters. The van der Waals surface area contributed by atoms with Gasteiger partial charge in [-0.1, -0.05) is 36.4 Å². The first-order chi connectivity index (χ1) is 29.6. The van der Waals surface area contributed by atoms with Gasteiger partial charge in [0.15, 0.2) is 23.0 Å². The molecule has 0 amide bonds. The molecular weight excluding hydrogens is 820 g/mol. The number of ether oxygens (including phenoxy) is 7. The largest absolute Gasteiger partial charge is 0.586 e. The van der Waals surface area contributed by atoms with Crippen molar-refractivity contribution in [1.29, 1.82) is 0 Å². The summed E-state index contributed by atoms with van der Waals surface area (Å²) in [4.78, 5) is 32.1. The Labute approximate surface area is 352 Å². The number of hydrogen-bond donors (Lipinski definition) is 1. The van der Waals surface area contributed by atoms with E-state index in [4.69, 9.17) is 14.2 Å². The molecule has 4 aromatic carbocycles. The van der Waals surface area contributed by atoms with Crippen LogP contribution in [0, 0.1) is 0 Å². The topological polar surface area (TPSA) is 155 Å². The molecule has 18 heteroatoms. The Bertz CT molecular complexity index is 2510. The molecule has 14 nitrogen and oxygen atoms in total. The van der Waals surface area contributed by atoms with Gasteiger partial charge in [0.25, 0.3) is 0 Å². The third-order valence-electron chi connectivity index (χ3n) is 9.70. The first-order valence-electron chi connectivity index (χ1n) is 19.2. The second-order valence-electron chi connectivity index (χ2n) is 14.1. The maximum atomic E-state index is 13.2. The lowest BCUT2D eigenvalue weighted by atomic mass is 9.94. The lowest BCUT2D eigenvalue weighted by molar-refractivity contribution is -0.287. The Kier molecular flexibility index (Phi) is 12.6. The number of imidazole rings is 2. The van der Waals surface area contributed by atoms with Crippen LogP contribution in [0.25, 0.3) is 0 Å². The molecule has 1 N–H and O–H groups in total. The number of carboxylic acids is 1. The van der Waals surface area contributed by atoms with E-state index in [1.165, 1.54) is 24.3 Å². The summed E-state index contributed by atoms with van der Waals surface area (Å²) < 4.78 is 90.5. The number of aliphatic carboxylic acids is 1. The van der Waals surface area contributed by atoms with Crippen LogP contribution < -0.4 is 28.4 Å². The van der Waals surface area contributed by atoms with Gasteiger partial charge in [-0.2, -0.15) is 0 Å². The Balaban J connectivity index is 0.000000187. The predicted octanol–water partition coefficient (Wildman–Crippen LogP) is 8.33. The highest BCUT2D eigenvalue weighted by atomic mass is 19.3. The number of carbonyl (C=O) groups excluding carboxylic acids is 1. The minimum Gasteiger partial charge on any atom is -0.489 e. The van der Waals surface area contributed by atoms with Gasteiger partial charge in [0, 0.05) is 38.9 Å². The third kappa shape index (κ3) is 10.5. The number of esters is 1. The van der Waals surface area contributed by atoms with Gasteiger partial charge in [0.2, 0.25) is 0 Å². The molecule has 2 aromatic heterocycles. The molecule has 0 saturated heterocycles. The maximum absolute atomic E-state index is 13.2. The van der Waals surface area contributed by atoms with Crippen molar-refractivity contribution in [3.8, 4) is 34.5 Å². The van der Waals surface area contributed by atoms with Gasteiger partial charge in [0.1, 0.15) is 36.4 Å². The molecule has 324 valence electrons. The summed E-state index contributed by atoms with van der Waals surface area (Å²) in [6.45, 7) is 2.38. The van der Waals surface area contributed by atoms with Crippen molar-refractivity contribution in [3.63, 3.8) is 0 Å². The zero-order chi connectivity index (χ0) is 44.0. The number of nitrogens with zero attached hydrogens (tertiary/aromatic N) is 4. The van der Waals surface area contributed by atoms with Crippen molar-refractivity contribution in [2.75, 3.05) is 6.61 Å². The van der Waals surface area contributed by atoms with Crippen LogP contribution in [0.3, 0.4) is 0 Å². The van der Waals surface area contributed by atoms with Gasteiger partial charge in [0.05, 0.1) is 31.3 Å². The SMILES string of the molecule is CCOC(=O)C[C@@H](c1ccc(OCc2ccc3c(c2)OC(F)(F)O3)cc1)c1nccn1C.Cn1ccnc1[C@@H](CC(=O)O)c1ccc(OCc2ccc3c(c2)OC(F)(F)O3)cc1. The van der Waals surface area contributed by atoms with Crippen LogP contribution in [0.5, 0.6) is 34.5 Å². The summed E-state index contributed by atoms with van der Waals surface area (Å²) in [5.74, 6) is 0.578. The van der Waals surface area contributed by atoms with E-state index < -0.39 is 24.5 Å². The fourth-order valence-electron chi connectivity index (χ4n) is 6.80. The Hall–Kier alpha value is -7.24. The molecule has 6 aromatic rings. The number of halogens is 4. The molecular formula is C44H40F4N4O10.